The maximum Gasteiger partial charge on any atom is 0.403 e. The van der Waals surface area contributed by atoms with Crippen LogP contribution in [0.25, 0.3) is 0 Å². The summed E-state index contributed by atoms with van der Waals surface area (Å²) in [5.41, 5.74) is -1.10. The Hall–Kier alpha value is -0.420. The zero-order valence-corrected chi connectivity index (χ0v) is 13.6. The van der Waals surface area contributed by atoms with Gasteiger partial charge < -0.3 is 10.2 Å². The lowest BCUT2D eigenvalue weighted by Gasteiger charge is -2.23. The van der Waals surface area contributed by atoms with Crippen LogP contribution in [0, 0.1) is 5.41 Å². The van der Waals surface area contributed by atoms with Crippen LogP contribution < -0.4 is 10.4 Å². The molecule has 6 nitrogen and oxygen atoms in total. The van der Waals surface area contributed by atoms with E-state index in [1.807, 2.05) is 20.8 Å². The predicted molar refractivity (Wildman–Crippen MR) is 75.7 cm³/mol. The van der Waals surface area contributed by atoms with E-state index in [0.717, 1.165) is 0 Å². The highest BCUT2D eigenvalue weighted by molar-refractivity contribution is 7.50. The molecule has 1 unspecified atom stereocenters. The molecule has 0 fully saturated rings. The molecular weight excluding hydrogens is 267 g/mol. The summed E-state index contributed by atoms with van der Waals surface area (Å²) in [5.74, 6) is -0.0365. The highest BCUT2D eigenvalue weighted by Gasteiger charge is 2.26. The fraction of sp³-hybridized carbons (Fsp3) is 0.917. The molecule has 19 heavy (non-hydrogen) atoms. The lowest BCUT2D eigenvalue weighted by Crippen LogP contribution is -2.36. The number of carbonyl (C=O) groups excluding carboxylic acids is 1. The molecule has 1 amide bonds. The minimum atomic E-state index is -3.77. The molecule has 7 heteroatoms. The first-order valence-electron chi connectivity index (χ1n) is 6.40. The first-order valence-corrected chi connectivity index (χ1v) is 7.98. The summed E-state index contributed by atoms with van der Waals surface area (Å²) in [6, 6.07) is 0. The lowest BCUT2D eigenvalue weighted by atomic mass is 9.96. The van der Waals surface area contributed by atoms with Gasteiger partial charge in [-0.1, -0.05) is 20.8 Å². The van der Waals surface area contributed by atoms with Gasteiger partial charge >= 0.3 is 7.75 Å². The maximum absolute atomic E-state index is 11.6. The summed E-state index contributed by atoms with van der Waals surface area (Å²) >= 11 is 0. The molecule has 0 aliphatic heterocycles. The van der Waals surface area contributed by atoms with Crippen LogP contribution in [0.4, 0.5) is 0 Å². The Balaban J connectivity index is 3.88. The summed E-state index contributed by atoms with van der Waals surface area (Å²) in [5, 5.41) is 5.23. The van der Waals surface area contributed by atoms with Crippen LogP contribution in [0.5, 0.6) is 0 Å². The zero-order chi connectivity index (χ0) is 15.3. The number of carbonyl (C=O) groups is 1. The van der Waals surface area contributed by atoms with E-state index < -0.39 is 18.8 Å². The van der Waals surface area contributed by atoms with Crippen molar-refractivity contribution >= 4 is 13.7 Å². The van der Waals surface area contributed by atoms with Gasteiger partial charge in [0, 0.05) is 18.5 Å². The average Bonchev–Trinajstić information content (AvgIpc) is 2.11. The van der Waals surface area contributed by atoms with Crippen LogP contribution in [0.3, 0.4) is 0 Å². The van der Waals surface area contributed by atoms with E-state index in [2.05, 4.69) is 10.4 Å². The average molecular weight is 294 g/mol. The first kappa shape index (κ1) is 18.6. The Labute approximate surface area is 115 Å². The summed E-state index contributed by atoms with van der Waals surface area (Å²) < 4.78 is 16.6. The SMILES string of the molecule is CC(C)(C)OP(=O)(O)NCCCNC(=O)C(C)(C)C. The molecule has 3 N–H and O–H groups in total. The van der Waals surface area contributed by atoms with Crippen molar-refractivity contribution in [2.45, 2.75) is 53.6 Å². The molecule has 114 valence electrons. The van der Waals surface area contributed by atoms with Crippen molar-refractivity contribution < 1.29 is 18.8 Å². The predicted octanol–water partition coefficient (Wildman–Crippen LogP) is 2.04. The third kappa shape index (κ3) is 10.1. The van der Waals surface area contributed by atoms with Crippen LogP contribution in [0.1, 0.15) is 48.0 Å². The fourth-order valence-corrected chi connectivity index (χ4v) is 2.43. The Morgan fingerprint density at radius 1 is 1.16 bits per heavy atom. The van der Waals surface area contributed by atoms with Crippen LogP contribution >= 0.6 is 7.75 Å². The van der Waals surface area contributed by atoms with E-state index in [4.69, 9.17) is 4.52 Å². The number of amides is 1. The summed E-state index contributed by atoms with van der Waals surface area (Å²) in [6.45, 7) is 11.4. The molecule has 1 atom stereocenters. The Morgan fingerprint density at radius 3 is 2.11 bits per heavy atom. The molecule has 0 aliphatic carbocycles. The van der Waals surface area contributed by atoms with Crippen LogP contribution in [-0.4, -0.2) is 29.5 Å². The van der Waals surface area contributed by atoms with Gasteiger partial charge in [-0.2, -0.15) is 0 Å². The molecule has 0 spiro atoms. The number of hydrogen-bond acceptors (Lipinski definition) is 3. The van der Waals surface area contributed by atoms with E-state index in [9.17, 15) is 14.3 Å². The van der Waals surface area contributed by atoms with Gasteiger partial charge in [-0.05, 0) is 27.2 Å². The lowest BCUT2D eigenvalue weighted by molar-refractivity contribution is -0.128. The number of nitrogens with one attached hydrogen (secondary N) is 2. The normalized spacial score (nSPS) is 15.9. The Bertz CT molecular complexity index is 345. The molecule has 0 aromatic carbocycles. The minimum absolute atomic E-state index is 0.0365. The Kier molecular flexibility index (Phi) is 6.69. The largest absolute Gasteiger partial charge is 0.403 e. The maximum atomic E-state index is 11.6. The van der Waals surface area contributed by atoms with Crippen molar-refractivity contribution in [1.29, 1.82) is 0 Å². The monoisotopic (exact) mass is 294 g/mol. The van der Waals surface area contributed by atoms with Crippen molar-refractivity contribution in [1.82, 2.24) is 10.4 Å². The Morgan fingerprint density at radius 2 is 1.68 bits per heavy atom. The van der Waals surface area contributed by atoms with Crippen molar-refractivity contribution in [3.63, 3.8) is 0 Å². The molecule has 0 rings (SSSR count). The second-order valence-corrected chi connectivity index (χ2v) is 8.03. The van der Waals surface area contributed by atoms with Gasteiger partial charge in [0.25, 0.3) is 0 Å². The molecule has 0 bridgehead atoms. The second kappa shape index (κ2) is 6.84. The summed E-state index contributed by atoms with van der Waals surface area (Å²) in [4.78, 5) is 21.1. The molecule has 0 aliphatic rings. The van der Waals surface area contributed by atoms with E-state index in [-0.39, 0.29) is 5.91 Å². The quantitative estimate of drug-likeness (QED) is 0.515. The highest BCUT2D eigenvalue weighted by atomic mass is 31.2. The van der Waals surface area contributed by atoms with Crippen LogP contribution in [0.2, 0.25) is 0 Å². The molecule has 0 aromatic heterocycles. The molecule has 0 saturated carbocycles. The molecule has 0 aromatic rings. The van der Waals surface area contributed by atoms with Gasteiger partial charge in [-0.3, -0.25) is 9.32 Å². The highest BCUT2D eigenvalue weighted by Crippen LogP contribution is 2.41. The van der Waals surface area contributed by atoms with Crippen LogP contribution in [-0.2, 0) is 13.9 Å². The molecule has 0 radical (unpaired) electrons. The van der Waals surface area contributed by atoms with Gasteiger partial charge in [0.2, 0.25) is 5.91 Å². The van der Waals surface area contributed by atoms with Gasteiger partial charge in [0.15, 0.2) is 0 Å². The van der Waals surface area contributed by atoms with E-state index in [0.29, 0.717) is 19.5 Å². The van der Waals surface area contributed by atoms with Gasteiger partial charge in [-0.15, -0.1) is 0 Å². The minimum Gasteiger partial charge on any atom is -0.356 e. The van der Waals surface area contributed by atoms with E-state index >= 15 is 0 Å². The topological polar surface area (TPSA) is 87.7 Å². The second-order valence-electron chi connectivity index (χ2n) is 6.49. The summed E-state index contributed by atoms with van der Waals surface area (Å²) in [7, 11) is -3.77. The zero-order valence-electron chi connectivity index (χ0n) is 12.7. The number of rotatable bonds is 6. The van der Waals surface area contributed by atoms with Crippen molar-refractivity contribution in [3.8, 4) is 0 Å². The number of hydrogen-bond donors (Lipinski definition) is 3. The van der Waals surface area contributed by atoms with Crippen LogP contribution in [0.15, 0.2) is 0 Å². The van der Waals surface area contributed by atoms with Crippen molar-refractivity contribution in [3.05, 3.63) is 0 Å². The van der Waals surface area contributed by atoms with Crippen molar-refractivity contribution in [2.75, 3.05) is 13.1 Å². The molecular formula is C12H27N2O4P. The third-order valence-electron chi connectivity index (χ3n) is 2.03. The molecule has 0 heterocycles. The third-order valence-corrected chi connectivity index (χ3v) is 3.45. The van der Waals surface area contributed by atoms with Gasteiger partial charge in [0.1, 0.15) is 0 Å². The fourth-order valence-electron chi connectivity index (χ4n) is 1.18. The van der Waals surface area contributed by atoms with E-state index in [1.165, 1.54) is 0 Å². The molecule has 0 saturated heterocycles. The van der Waals surface area contributed by atoms with Gasteiger partial charge in [-0.25, -0.2) is 9.65 Å². The van der Waals surface area contributed by atoms with Crippen molar-refractivity contribution in [2.24, 2.45) is 5.41 Å². The standard InChI is InChI=1S/C12H27N2O4P/c1-11(2,3)10(15)13-8-7-9-14-19(16,17)18-12(4,5)6/h7-9H2,1-6H3,(H,13,15)(H2,14,16,17). The smallest absolute Gasteiger partial charge is 0.356 e. The van der Waals surface area contributed by atoms with E-state index in [1.54, 1.807) is 20.8 Å². The van der Waals surface area contributed by atoms with Gasteiger partial charge in [0.05, 0.1) is 5.60 Å². The first-order chi connectivity index (χ1) is 8.33. The summed E-state index contributed by atoms with van der Waals surface area (Å²) in [6.07, 6.45) is 0.555.